The molecule has 0 saturated carbocycles. The summed E-state index contributed by atoms with van der Waals surface area (Å²) in [7, 11) is 0.828. The fraction of sp³-hybridized carbons (Fsp3) is 1.00. The van der Waals surface area contributed by atoms with Gasteiger partial charge in [0, 0.05) is 26.9 Å². The summed E-state index contributed by atoms with van der Waals surface area (Å²) in [5.41, 5.74) is 0. The van der Waals surface area contributed by atoms with Crippen molar-refractivity contribution in [1.82, 2.24) is 0 Å². The molecule has 0 atom stereocenters. The number of hydrogen-bond acceptors (Lipinski definition) is 4. The summed E-state index contributed by atoms with van der Waals surface area (Å²) in [6.07, 6.45) is 0.990. The Balaban J connectivity index is 3.68. The molecular weight excluding hydrogens is 188 g/mol. The van der Waals surface area contributed by atoms with Crippen LogP contribution in [0.3, 0.4) is 0 Å². The van der Waals surface area contributed by atoms with Crippen molar-refractivity contribution in [1.29, 1.82) is 0 Å². The maximum atomic E-state index is 5.45. The van der Waals surface area contributed by atoms with Gasteiger partial charge in [0.05, 0.1) is 0 Å². The first kappa shape index (κ1) is 13.1. The molecule has 13 heavy (non-hydrogen) atoms. The van der Waals surface area contributed by atoms with E-state index in [9.17, 15) is 0 Å². The minimum Gasteiger partial charge on any atom is -0.377 e. The molecule has 0 radical (unpaired) electrons. The van der Waals surface area contributed by atoms with E-state index >= 15 is 0 Å². The van der Waals surface area contributed by atoms with Gasteiger partial charge in [0.15, 0.2) is 0 Å². The lowest BCUT2D eigenvalue weighted by Gasteiger charge is -2.24. The van der Waals surface area contributed by atoms with Crippen LogP contribution in [0.4, 0.5) is 0 Å². The van der Waals surface area contributed by atoms with Crippen LogP contribution < -0.4 is 0 Å². The Bertz CT molecular complexity index is 108. The third kappa shape index (κ3) is 4.73. The van der Waals surface area contributed by atoms with Gasteiger partial charge in [0.1, 0.15) is 6.79 Å². The van der Waals surface area contributed by atoms with Gasteiger partial charge in [0.25, 0.3) is 0 Å². The first-order valence-electron chi connectivity index (χ1n) is 4.56. The van der Waals surface area contributed by atoms with Crippen LogP contribution in [0.25, 0.3) is 0 Å². The molecule has 0 unspecified atom stereocenters. The van der Waals surface area contributed by atoms with Crippen molar-refractivity contribution in [2.24, 2.45) is 0 Å². The smallest absolute Gasteiger partial charge is 0.377 e. The Kier molecular flexibility index (Phi) is 7.49. The van der Waals surface area contributed by atoms with E-state index in [1.807, 2.05) is 6.92 Å². The van der Waals surface area contributed by atoms with E-state index in [1.165, 1.54) is 0 Å². The van der Waals surface area contributed by atoms with Gasteiger partial charge in [-0.05, 0) is 6.42 Å². The van der Waals surface area contributed by atoms with E-state index in [4.69, 9.17) is 18.0 Å². The molecule has 5 heteroatoms. The summed E-state index contributed by atoms with van der Waals surface area (Å²) in [5.74, 6) is 0. The lowest BCUT2D eigenvalue weighted by atomic mass is 10.5. The SMILES string of the molecule is CCCOCO[Si](CC)(OC)OC. The average Bonchev–Trinajstić information content (AvgIpc) is 2.20. The predicted octanol–water partition coefficient (Wildman–Crippen LogP) is 1.64. The Morgan fingerprint density at radius 2 is 1.69 bits per heavy atom. The van der Waals surface area contributed by atoms with Gasteiger partial charge in [-0.2, -0.15) is 0 Å². The molecule has 0 amide bonds. The average molecular weight is 208 g/mol. The largest absolute Gasteiger partial charge is 0.501 e. The number of hydrogen-bond donors (Lipinski definition) is 0. The predicted molar refractivity (Wildman–Crippen MR) is 52.4 cm³/mol. The summed E-state index contributed by atoms with van der Waals surface area (Å²) in [4.78, 5) is 0. The van der Waals surface area contributed by atoms with Crippen LogP contribution in [-0.4, -0.2) is 36.4 Å². The van der Waals surface area contributed by atoms with Crippen LogP contribution >= 0.6 is 0 Å². The van der Waals surface area contributed by atoms with Crippen LogP contribution in [0.15, 0.2) is 0 Å². The molecule has 4 nitrogen and oxygen atoms in total. The van der Waals surface area contributed by atoms with Crippen molar-refractivity contribution >= 4 is 8.80 Å². The third-order valence-corrected chi connectivity index (χ3v) is 4.43. The maximum Gasteiger partial charge on any atom is 0.501 e. The molecule has 0 aromatic carbocycles. The molecule has 0 rings (SSSR count). The summed E-state index contributed by atoms with van der Waals surface area (Å²) in [6.45, 7) is 5.01. The highest BCUT2D eigenvalue weighted by molar-refractivity contribution is 6.60. The van der Waals surface area contributed by atoms with E-state index in [0.717, 1.165) is 12.5 Å². The van der Waals surface area contributed by atoms with Crippen LogP contribution in [0.5, 0.6) is 0 Å². The molecule has 0 aromatic rings. The minimum atomic E-state index is -2.39. The molecule has 0 saturated heterocycles. The lowest BCUT2D eigenvalue weighted by molar-refractivity contribution is -0.0321. The molecule has 0 N–H and O–H groups in total. The van der Waals surface area contributed by atoms with Gasteiger partial charge in [-0.25, -0.2) is 0 Å². The van der Waals surface area contributed by atoms with E-state index in [2.05, 4.69) is 6.92 Å². The first-order valence-corrected chi connectivity index (χ1v) is 6.49. The first-order chi connectivity index (χ1) is 6.24. The van der Waals surface area contributed by atoms with E-state index in [1.54, 1.807) is 14.2 Å². The van der Waals surface area contributed by atoms with Crippen LogP contribution in [0.2, 0.25) is 6.04 Å². The Morgan fingerprint density at radius 1 is 1.08 bits per heavy atom. The summed E-state index contributed by atoms with van der Waals surface area (Å²) >= 11 is 0. The van der Waals surface area contributed by atoms with E-state index < -0.39 is 8.80 Å². The van der Waals surface area contributed by atoms with Crippen molar-refractivity contribution in [3.05, 3.63) is 0 Å². The van der Waals surface area contributed by atoms with Gasteiger partial charge in [-0.15, -0.1) is 0 Å². The second-order valence-corrected chi connectivity index (χ2v) is 5.79. The molecule has 0 aromatic heterocycles. The molecule has 0 bridgehead atoms. The zero-order chi connectivity index (χ0) is 10.2. The highest BCUT2D eigenvalue weighted by atomic mass is 28.4. The molecule has 80 valence electrons. The van der Waals surface area contributed by atoms with Crippen LogP contribution in [0.1, 0.15) is 20.3 Å². The van der Waals surface area contributed by atoms with Gasteiger partial charge >= 0.3 is 8.80 Å². The van der Waals surface area contributed by atoms with Crippen molar-refractivity contribution in [2.45, 2.75) is 26.3 Å². The van der Waals surface area contributed by atoms with Crippen molar-refractivity contribution in [2.75, 3.05) is 27.6 Å². The van der Waals surface area contributed by atoms with Gasteiger partial charge in [-0.1, -0.05) is 13.8 Å². The van der Waals surface area contributed by atoms with Crippen LogP contribution in [0, 0.1) is 0 Å². The standard InChI is InChI=1S/C8H20O4Si/c1-5-7-11-8-12-13(6-2,9-3)10-4/h5-8H2,1-4H3. The lowest BCUT2D eigenvalue weighted by Crippen LogP contribution is -2.43. The Morgan fingerprint density at radius 3 is 2.08 bits per heavy atom. The van der Waals surface area contributed by atoms with Crippen molar-refractivity contribution < 1.29 is 18.0 Å². The van der Waals surface area contributed by atoms with Gasteiger partial charge in [0.2, 0.25) is 0 Å². The maximum absolute atomic E-state index is 5.45. The second-order valence-electron chi connectivity index (χ2n) is 2.62. The summed E-state index contributed by atoms with van der Waals surface area (Å²) in [5, 5.41) is 0. The van der Waals surface area contributed by atoms with Crippen LogP contribution in [-0.2, 0) is 18.0 Å². The highest BCUT2D eigenvalue weighted by Crippen LogP contribution is 2.12. The zero-order valence-corrected chi connectivity index (χ0v) is 9.96. The van der Waals surface area contributed by atoms with Gasteiger partial charge < -0.3 is 18.0 Å². The van der Waals surface area contributed by atoms with E-state index in [-0.39, 0.29) is 6.79 Å². The molecule has 0 aliphatic heterocycles. The van der Waals surface area contributed by atoms with Crippen molar-refractivity contribution in [3.8, 4) is 0 Å². The van der Waals surface area contributed by atoms with E-state index in [0.29, 0.717) is 6.61 Å². The molecule has 0 aliphatic carbocycles. The normalized spacial score (nSPS) is 12.0. The third-order valence-electron chi connectivity index (χ3n) is 1.77. The molecule has 0 aliphatic rings. The molecule has 0 fully saturated rings. The Labute approximate surface area is 81.5 Å². The Hall–Kier alpha value is 0.0569. The number of rotatable bonds is 8. The monoisotopic (exact) mass is 208 g/mol. The summed E-state index contributed by atoms with van der Waals surface area (Å²) < 4.78 is 21.1. The highest BCUT2D eigenvalue weighted by Gasteiger charge is 2.36. The topological polar surface area (TPSA) is 36.9 Å². The number of ether oxygens (including phenoxy) is 1. The zero-order valence-electron chi connectivity index (χ0n) is 8.96. The minimum absolute atomic E-state index is 0.260. The second kappa shape index (κ2) is 7.46. The molecule has 0 heterocycles. The molecule has 0 spiro atoms. The molecular formula is C8H20O4Si. The van der Waals surface area contributed by atoms with Gasteiger partial charge in [-0.3, -0.25) is 0 Å². The summed E-state index contributed by atoms with van der Waals surface area (Å²) in [6, 6.07) is 0.759. The fourth-order valence-electron chi connectivity index (χ4n) is 0.927. The van der Waals surface area contributed by atoms with Crippen molar-refractivity contribution in [3.63, 3.8) is 0 Å². The fourth-order valence-corrected chi connectivity index (χ4v) is 2.37. The quantitative estimate of drug-likeness (QED) is 0.345.